The first kappa shape index (κ1) is 7.91. The van der Waals surface area contributed by atoms with E-state index in [1.54, 1.807) is 12.3 Å². The van der Waals surface area contributed by atoms with Crippen molar-refractivity contribution in [2.75, 3.05) is 12.8 Å². The van der Waals surface area contributed by atoms with Gasteiger partial charge in [-0.25, -0.2) is 4.39 Å². The fourth-order valence-corrected chi connectivity index (χ4v) is 1.30. The number of nitrogen functional groups attached to an aromatic ring is 1. The minimum Gasteiger partial charge on any atom is -0.494 e. The molecular weight excluding hydrogens is 171 g/mol. The van der Waals surface area contributed by atoms with E-state index in [0.717, 1.165) is 5.39 Å². The molecule has 0 bridgehead atoms. The lowest BCUT2D eigenvalue weighted by Crippen LogP contribution is -1.88. The van der Waals surface area contributed by atoms with Crippen molar-refractivity contribution < 1.29 is 9.13 Å². The largest absolute Gasteiger partial charge is 0.494 e. The van der Waals surface area contributed by atoms with Crippen LogP contribution in [0, 0.1) is 5.82 Å². The Morgan fingerprint density at radius 3 is 2.92 bits per heavy atom. The number of fused-ring (bicyclic) bond motifs is 1. The van der Waals surface area contributed by atoms with Gasteiger partial charge in [0, 0.05) is 17.6 Å². The molecule has 0 saturated heterocycles. The minimum atomic E-state index is -0.392. The Morgan fingerprint density at radius 1 is 1.46 bits per heavy atom. The van der Waals surface area contributed by atoms with Gasteiger partial charge >= 0.3 is 0 Å². The Labute approximate surface area is 74.3 Å². The van der Waals surface area contributed by atoms with Gasteiger partial charge in [-0.2, -0.15) is 0 Å². The van der Waals surface area contributed by atoms with Gasteiger partial charge < -0.3 is 15.5 Å². The molecule has 13 heavy (non-hydrogen) atoms. The topological polar surface area (TPSA) is 51.0 Å². The summed E-state index contributed by atoms with van der Waals surface area (Å²) in [5, 5.41) is 0.776. The van der Waals surface area contributed by atoms with Gasteiger partial charge in [-0.1, -0.05) is 0 Å². The summed E-state index contributed by atoms with van der Waals surface area (Å²) < 4.78 is 18.0. The molecule has 0 aliphatic heterocycles. The van der Waals surface area contributed by atoms with Gasteiger partial charge in [0.1, 0.15) is 0 Å². The molecule has 1 aromatic heterocycles. The number of anilines is 1. The number of aromatic nitrogens is 1. The molecule has 2 aromatic rings. The van der Waals surface area contributed by atoms with E-state index in [1.165, 1.54) is 13.2 Å². The van der Waals surface area contributed by atoms with Crippen molar-refractivity contribution in [2.45, 2.75) is 0 Å². The van der Waals surface area contributed by atoms with Crippen LogP contribution >= 0.6 is 0 Å². The second-order valence-electron chi connectivity index (χ2n) is 2.78. The van der Waals surface area contributed by atoms with Crippen LogP contribution in [0.2, 0.25) is 0 Å². The van der Waals surface area contributed by atoms with Crippen LogP contribution in [0.1, 0.15) is 0 Å². The van der Waals surface area contributed by atoms with Crippen LogP contribution in [0.4, 0.5) is 10.1 Å². The molecule has 0 aliphatic carbocycles. The van der Waals surface area contributed by atoms with E-state index in [9.17, 15) is 4.39 Å². The minimum absolute atomic E-state index is 0.207. The lowest BCUT2D eigenvalue weighted by Gasteiger charge is -2.01. The highest BCUT2D eigenvalue weighted by Gasteiger charge is 2.07. The maximum absolute atomic E-state index is 13.1. The van der Waals surface area contributed by atoms with Gasteiger partial charge in [0.05, 0.1) is 18.3 Å². The second-order valence-corrected chi connectivity index (χ2v) is 2.78. The molecule has 0 atom stereocenters. The first-order chi connectivity index (χ1) is 6.22. The highest BCUT2D eigenvalue weighted by molar-refractivity contribution is 5.92. The lowest BCUT2D eigenvalue weighted by atomic mass is 10.2. The monoisotopic (exact) mass is 180 g/mol. The van der Waals surface area contributed by atoms with Gasteiger partial charge in [0.2, 0.25) is 0 Å². The highest BCUT2D eigenvalue weighted by atomic mass is 19.1. The standard InChI is InChI=1S/C9H9FN2O/c1-13-9-2-5-7(11)4-12-8(5)3-6(9)10/h2-4,12H,11H2,1H3. The molecule has 0 saturated carbocycles. The fraction of sp³-hybridized carbons (Fsp3) is 0.111. The quantitative estimate of drug-likeness (QED) is 0.704. The van der Waals surface area contributed by atoms with Crippen LogP contribution in [0.15, 0.2) is 18.3 Å². The van der Waals surface area contributed by atoms with Crippen LogP contribution in [0.25, 0.3) is 10.9 Å². The first-order valence-electron chi connectivity index (χ1n) is 3.82. The lowest BCUT2D eigenvalue weighted by molar-refractivity contribution is 0.387. The third-order valence-corrected chi connectivity index (χ3v) is 1.99. The Hall–Kier alpha value is -1.71. The van der Waals surface area contributed by atoms with Crippen LogP contribution in [-0.4, -0.2) is 12.1 Å². The van der Waals surface area contributed by atoms with Crippen molar-refractivity contribution in [1.29, 1.82) is 0 Å². The fourth-order valence-electron chi connectivity index (χ4n) is 1.30. The third kappa shape index (κ3) is 1.11. The number of nitrogens with two attached hydrogens (primary N) is 1. The zero-order valence-electron chi connectivity index (χ0n) is 7.10. The summed E-state index contributed by atoms with van der Waals surface area (Å²) in [4.78, 5) is 2.86. The van der Waals surface area contributed by atoms with Gasteiger partial charge in [0.25, 0.3) is 0 Å². The molecule has 1 heterocycles. The molecule has 0 fully saturated rings. The number of rotatable bonds is 1. The summed E-state index contributed by atoms with van der Waals surface area (Å²) in [6.45, 7) is 0. The van der Waals surface area contributed by atoms with E-state index in [4.69, 9.17) is 10.5 Å². The van der Waals surface area contributed by atoms with E-state index in [2.05, 4.69) is 4.98 Å². The first-order valence-corrected chi connectivity index (χ1v) is 3.82. The summed E-state index contributed by atoms with van der Waals surface area (Å²) in [6, 6.07) is 2.95. The predicted octanol–water partition coefficient (Wildman–Crippen LogP) is 1.90. The molecule has 4 heteroatoms. The number of aromatic amines is 1. The number of methoxy groups -OCH3 is 1. The van der Waals surface area contributed by atoms with Gasteiger partial charge in [0.15, 0.2) is 11.6 Å². The summed E-state index contributed by atoms with van der Waals surface area (Å²) in [6.07, 6.45) is 1.63. The number of halogens is 1. The van der Waals surface area contributed by atoms with E-state index in [1.807, 2.05) is 0 Å². The Bertz CT molecular complexity index is 450. The van der Waals surface area contributed by atoms with Crippen molar-refractivity contribution in [3.05, 3.63) is 24.1 Å². The predicted molar refractivity (Wildman–Crippen MR) is 49.2 cm³/mol. The Balaban J connectivity index is 2.77. The van der Waals surface area contributed by atoms with Crippen LogP contribution in [0.5, 0.6) is 5.75 Å². The molecule has 68 valence electrons. The van der Waals surface area contributed by atoms with Gasteiger partial charge in [-0.3, -0.25) is 0 Å². The number of nitrogens with one attached hydrogen (secondary N) is 1. The molecule has 0 aliphatic rings. The van der Waals surface area contributed by atoms with Crippen LogP contribution < -0.4 is 10.5 Å². The molecule has 0 unspecified atom stereocenters. The van der Waals surface area contributed by atoms with Crippen LogP contribution in [0.3, 0.4) is 0 Å². The number of benzene rings is 1. The highest BCUT2D eigenvalue weighted by Crippen LogP contribution is 2.27. The molecule has 0 amide bonds. The molecule has 2 rings (SSSR count). The third-order valence-electron chi connectivity index (χ3n) is 1.99. The molecule has 3 nitrogen and oxygen atoms in total. The van der Waals surface area contributed by atoms with Gasteiger partial charge in [-0.05, 0) is 6.07 Å². The van der Waals surface area contributed by atoms with E-state index >= 15 is 0 Å². The molecule has 1 aromatic carbocycles. The normalized spacial score (nSPS) is 10.6. The molecule has 3 N–H and O–H groups in total. The van der Waals surface area contributed by atoms with Crippen molar-refractivity contribution in [2.24, 2.45) is 0 Å². The van der Waals surface area contributed by atoms with Crippen LogP contribution in [-0.2, 0) is 0 Å². The molecular formula is C9H9FN2O. The van der Waals surface area contributed by atoms with Crippen molar-refractivity contribution in [1.82, 2.24) is 4.98 Å². The number of hydrogen-bond acceptors (Lipinski definition) is 2. The summed E-state index contributed by atoms with van der Waals surface area (Å²) in [7, 11) is 1.42. The number of hydrogen-bond donors (Lipinski definition) is 2. The summed E-state index contributed by atoms with van der Waals surface area (Å²) >= 11 is 0. The number of H-pyrrole nitrogens is 1. The Kier molecular flexibility index (Phi) is 1.62. The van der Waals surface area contributed by atoms with Crippen molar-refractivity contribution in [3.8, 4) is 5.75 Å². The van der Waals surface area contributed by atoms with E-state index in [-0.39, 0.29) is 5.75 Å². The maximum Gasteiger partial charge on any atom is 0.167 e. The smallest absolute Gasteiger partial charge is 0.167 e. The molecule has 0 radical (unpaired) electrons. The second kappa shape index (κ2) is 2.65. The van der Waals surface area contributed by atoms with E-state index in [0.29, 0.717) is 11.2 Å². The van der Waals surface area contributed by atoms with Crippen molar-refractivity contribution in [3.63, 3.8) is 0 Å². The summed E-state index contributed by atoms with van der Waals surface area (Å²) in [5.74, 6) is -0.185. The zero-order valence-corrected chi connectivity index (χ0v) is 7.10. The maximum atomic E-state index is 13.1. The van der Waals surface area contributed by atoms with Crippen molar-refractivity contribution >= 4 is 16.6 Å². The number of ether oxygens (including phenoxy) is 1. The molecule has 0 spiro atoms. The zero-order chi connectivity index (χ0) is 9.42. The average molecular weight is 180 g/mol. The Morgan fingerprint density at radius 2 is 2.23 bits per heavy atom. The SMILES string of the molecule is COc1cc2c(N)c[nH]c2cc1F. The summed E-state index contributed by atoms with van der Waals surface area (Å²) in [5.41, 5.74) is 6.91. The van der Waals surface area contributed by atoms with Gasteiger partial charge in [-0.15, -0.1) is 0 Å². The average Bonchev–Trinajstić information content (AvgIpc) is 2.46. The van der Waals surface area contributed by atoms with E-state index < -0.39 is 5.82 Å².